The van der Waals surface area contributed by atoms with Crippen LogP contribution in [0.5, 0.6) is 0 Å². The highest BCUT2D eigenvalue weighted by molar-refractivity contribution is 5.99. The first kappa shape index (κ1) is 25.7. The molecule has 0 unspecified atom stereocenters. The molecular formula is C30H46O4. The zero-order chi connectivity index (χ0) is 25.3. The van der Waals surface area contributed by atoms with Crippen LogP contribution in [-0.4, -0.2) is 28.1 Å². The van der Waals surface area contributed by atoms with Gasteiger partial charge < -0.3 is 10.2 Å². The molecule has 0 bridgehead atoms. The first-order chi connectivity index (χ1) is 15.7. The van der Waals surface area contributed by atoms with Crippen molar-refractivity contribution in [2.45, 2.75) is 112 Å². The van der Waals surface area contributed by atoms with Crippen molar-refractivity contribution in [1.29, 1.82) is 0 Å². The van der Waals surface area contributed by atoms with Crippen molar-refractivity contribution in [1.82, 2.24) is 0 Å². The Labute approximate surface area is 206 Å². The van der Waals surface area contributed by atoms with Crippen molar-refractivity contribution in [2.75, 3.05) is 0 Å². The molecule has 0 amide bonds. The number of aliphatic hydroxyl groups excluding tert-OH is 1. The summed E-state index contributed by atoms with van der Waals surface area (Å²) in [4.78, 5) is 25.0. The maximum atomic E-state index is 13.9. The molecule has 4 aliphatic carbocycles. The number of ketones is 1. The van der Waals surface area contributed by atoms with Gasteiger partial charge in [0.05, 0.1) is 6.10 Å². The lowest BCUT2D eigenvalue weighted by Gasteiger charge is -2.61. The Hall–Kier alpha value is -1.42. The van der Waals surface area contributed by atoms with E-state index in [1.165, 1.54) is 11.1 Å². The Morgan fingerprint density at radius 1 is 1.12 bits per heavy atom. The highest BCUT2D eigenvalue weighted by Gasteiger charge is 2.65. The first-order valence-corrected chi connectivity index (χ1v) is 13.6. The average molecular weight is 471 g/mol. The second kappa shape index (κ2) is 8.32. The van der Waals surface area contributed by atoms with Crippen molar-refractivity contribution in [2.24, 2.45) is 39.4 Å². The van der Waals surface area contributed by atoms with Crippen molar-refractivity contribution in [3.05, 3.63) is 22.8 Å². The second-order valence-electron chi connectivity index (χ2n) is 13.5. The number of hydrogen-bond acceptors (Lipinski definition) is 3. The summed E-state index contributed by atoms with van der Waals surface area (Å²) in [7, 11) is 0. The summed E-state index contributed by atoms with van der Waals surface area (Å²) in [6.07, 6.45) is 10.0. The van der Waals surface area contributed by atoms with Crippen LogP contribution in [0.1, 0.15) is 106 Å². The summed E-state index contributed by atoms with van der Waals surface area (Å²) < 4.78 is 0. The van der Waals surface area contributed by atoms with Crippen LogP contribution >= 0.6 is 0 Å². The summed E-state index contributed by atoms with van der Waals surface area (Å²) in [5.41, 5.74) is 2.82. The smallest absolute Gasteiger partial charge is 0.330 e. The SMILES string of the molecule is CC(=CCC[C@@H](C)[C@H]1CC[C@@]2(C)C3=C(CC[C@]12C)[C@@]1(C)CC[C@H](O)C(C)(C)[C@@H]1CC3=O)C(=O)O. The van der Waals surface area contributed by atoms with E-state index in [-0.39, 0.29) is 33.7 Å². The summed E-state index contributed by atoms with van der Waals surface area (Å²) >= 11 is 0. The number of carbonyl (C=O) groups excluding carboxylic acids is 1. The van der Waals surface area contributed by atoms with Crippen molar-refractivity contribution in [3.8, 4) is 0 Å². The van der Waals surface area contributed by atoms with Gasteiger partial charge in [-0.05, 0) is 92.3 Å². The number of Topliss-reactive ketones (excluding diaryl/α,β-unsaturated/α-hetero) is 1. The van der Waals surface area contributed by atoms with E-state index in [2.05, 4.69) is 41.5 Å². The summed E-state index contributed by atoms with van der Waals surface area (Å²) in [5.74, 6) is 0.774. The number of allylic oxidation sites excluding steroid dienone is 3. The van der Waals surface area contributed by atoms with E-state index < -0.39 is 5.97 Å². The van der Waals surface area contributed by atoms with Gasteiger partial charge in [-0.2, -0.15) is 0 Å². The maximum Gasteiger partial charge on any atom is 0.330 e. The van der Waals surface area contributed by atoms with Crippen LogP contribution in [0.3, 0.4) is 0 Å². The summed E-state index contributed by atoms with van der Waals surface area (Å²) in [6.45, 7) is 15.6. The van der Waals surface area contributed by atoms with E-state index >= 15 is 0 Å². The van der Waals surface area contributed by atoms with Gasteiger partial charge in [0, 0.05) is 23.0 Å². The molecule has 190 valence electrons. The molecule has 2 N–H and O–H groups in total. The number of carboxylic acids is 1. The molecule has 7 atom stereocenters. The minimum absolute atomic E-state index is 0.0131. The molecule has 2 fully saturated rings. The third-order valence-corrected chi connectivity index (χ3v) is 11.7. The highest BCUT2D eigenvalue weighted by atomic mass is 16.4. The Kier molecular flexibility index (Phi) is 6.28. The van der Waals surface area contributed by atoms with Crippen LogP contribution in [0.15, 0.2) is 22.8 Å². The molecule has 0 heterocycles. The molecule has 0 spiro atoms. The van der Waals surface area contributed by atoms with Crippen LogP contribution in [0.25, 0.3) is 0 Å². The maximum absolute atomic E-state index is 13.9. The van der Waals surface area contributed by atoms with Gasteiger partial charge in [-0.15, -0.1) is 0 Å². The van der Waals surface area contributed by atoms with Gasteiger partial charge in [0.25, 0.3) is 0 Å². The second-order valence-corrected chi connectivity index (χ2v) is 13.5. The van der Waals surface area contributed by atoms with Crippen molar-refractivity contribution >= 4 is 11.8 Å². The van der Waals surface area contributed by atoms with Gasteiger partial charge in [0.1, 0.15) is 0 Å². The predicted molar refractivity (Wildman–Crippen MR) is 135 cm³/mol. The third-order valence-electron chi connectivity index (χ3n) is 11.7. The van der Waals surface area contributed by atoms with Crippen molar-refractivity contribution < 1.29 is 19.8 Å². The molecule has 2 saturated carbocycles. The minimum atomic E-state index is -0.833. The minimum Gasteiger partial charge on any atom is -0.478 e. The third kappa shape index (κ3) is 3.49. The molecule has 34 heavy (non-hydrogen) atoms. The normalized spacial score (nSPS) is 42.6. The largest absolute Gasteiger partial charge is 0.478 e. The number of rotatable bonds is 5. The standard InChI is InChI=1S/C30H46O4/c1-18(9-8-10-19(2)26(33)34)20-11-16-30(7)25-21(12-15-29(20,30)6)28(5)14-13-24(32)27(3,4)23(28)17-22(25)31/h10,18,20,23-24,32H,8-9,11-17H2,1-7H3,(H,33,34)/t18-,20-,23+,24+,28-,29-,30+/m1/s1. The van der Waals surface area contributed by atoms with Crippen LogP contribution < -0.4 is 0 Å². The highest BCUT2D eigenvalue weighted by Crippen LogP contribution is 2.71. The monoisotopic (exact) mass is 470 g/mol. The van der Waals surface area contributed by atoms with Gasteiger partial charge in [-0.25, -0.2) is 4.79 Å². The fraction of sp³-hybridized carbons (Fsp3) is 0.800. The molecule has 0 aliphatic heterocycles. The fourth-order valence-corrected chi connectivity index (χ4v) is 9.16. The molecule has 4 nitrogen and oxygen atoms in total. The van der Waals surface area contributed by atoms with E-state index in [0.717, 1.165) is 51.4 Å². The molecule has 0 saturated heterocycles. The zero-order valence-electron chi connectivity index (χ0n) is 22.5. The van der Waals surface area contributed by atoms with E-state index in [4.69, 9.17) is 5.11 Å². The van der Waals surface area contributed by atoms with Gasteiger partial charge in [0.2, 0.25) is 0 Å². The van der Waals surface area contributed by atoms with Crippen LogP contribution in [0.2, 0.25) is 0 Å². The molecule has 0 aromatic rings. The van der Waals surface area contributed by atoms with Gasteiger partial charge in [0.15, 0.2) is 5.78 Å². The molecule has 4 rings (SSSR count). The number of carboxylic acid groups (broad SMARTS) is 1. The molecule has 4 heteroatoms. The zero-order valence-corrected chi connectivity index (χ0v) is 22.5. The van der Waals surface area contributed by atoms with Crippen LogP contribution in [-0.2, 0) is 9.59 Å². The number of aliphatic carboxylic acids is 1. The number of carbonyl (C=O) groups is 2. The van der Waals surface area contributed by atoms with E-state index in [1.54, 1.807) is 6.92 Å². The Bertz CT molecular complexity index is 941. The lowest BCUT2D eigenvalue weighted by Crippen LogP contribution is -2.57. The first-order valence-electron chi connectivity index (χ1n) is 13.6. The molecule has 0 aromatic carbocycles. The molecule has 0 radical (unpaired) electrons. The fourth-order valence-electron chi connectivity index (χ4n) is 9.16. The lowest BCUT2D eigenvalue weighted by molar-refractivity contribution is -0.134. The van der Waals surface area contributed by atoms with Crippen LogP contribution in [0, 0.1) is 39.4 Å². The summed E-state index contributed by atoms with van der Waals surface area (Å²) in [6, 6.07) is 0. The van der Waals surface area contributed by atoms with Gasteiger partial charge >= 0.3 is 5.97 Å². The number of aliphatic hydroxyl groups is 1. The average Bonchev–Trinajstić information content (AvgIpc) is 3.04. The Morgan fingerprint density at radius 2 is 1.79 bits per heavy atom. The van der Waals surface area contributed by atoms with E-state index in [1.807, 2.05) is 6.08 Å². The molecule has 0 aromatic heterocycles. The quantitative estimate of drug-likeness (QED) is 0.437. The Balaban J connectivity index is 1.65. The van der Waals surface area contributed by atoms with Gasteiger partial charge in [-0.3, -0.25) is 4.79 Å². The topological polar surface area (TPSA) is 74.6 Å². The number of hydrogen-bond donors (Lipinski definition) is 2. The van der Waals surface area contributed by atoms with E-state index in [0.29, 0.717) is 29.6 Å². The van der Waals surface area contributed by atoms with E-state index in [9.17, 15) is 14.7 Å². The number of fused-ring (bicyclic) bond motifs is 4. The molecule has 4 aliphatic rings. The summed E-state index contributed by atoms with van der Waals surface area (Å²) in [5, 5.41) is 19.9. The van der Waals surface area contributed by atoms with Gasteiger partial charge in [-0.1, -0.05) is 53.2 Å². The molecular weight excluding hydrogens is 424 g/mol. The van der Waals surface area contributed by atoms with Crippen LogP contribution in [0.4, 0.5) is 0 Å². The predicted octanol–water partition coefficient (Wildman–Crippen LogP) is 6.72. The lowest BCUT2D eigenvalue weighted by atomic mass is 9.43. The Morgan fingerprint density at radius 3 is 2.44 bits per heavy atom. The van der Waals surface area contributed by atoms with Crippen molar-refractivity contribution in [3.63, 3.8) is 0 Å².